The molecule has 2 aliphatic rings. The molecule has 0 unspecified atom stereocenters. The molecular formula is C20H24ClN5O. The third kappa shape index (κ3) is 4.16. The number of hydrogen-bond acceptors (Lipinski definition) is 4. The number of anilines is 1. The van der Waals surface area contributed by atoms with Gasteiger partial charge in [-0.15, -0.1) is 5.10 Å². The molecule has 4 rings (SSSR count). The SMILES string of the molecule is CN(C(=O)N[C@@H]1C[C@H]1c1ccc(Cl)cc1)[C@@H]1CCCN(c2cccnn2)C1. The molecule has 1 aromatic heterocycles. The second kappa shape index (κ2) is 7.72. The Balaban J connectivity index is 1.32. The predicted molar refractivity (Wildman–Crippen MR) is 106 cm³/mol. The summed E-state index contributed by atoms with van der Waals surface area (Å²) < 4.78 is 0. The van der Waals surface area contributed by atoms with Gasteiger partial charge in [0.05, 0.1) is 6.04 Å². The van der Waals surface area contributed by atoms with Gasteiger partial charge in [-0.25, -0.2) is 4.79 Å². The number of carbonyl (C=O) groups is 1. The Morgan fingerprint density at radius 2 is 2.11 bits per heavy atom. The van der Waals surface area contributed by atoms with Crippen molar-refractivity contribution in [2.45, 2.75) is 37.3 Å². The summed E-state index contributed by atoms with van der Waals surface area (Å²) in [5.74, 6) is 1.27. The van der Waals surface area contributed by atoms with E-state index in [9.17, 15) is 4.79 Å². The molecule has 0 bridgehead atoms. The minimum atomic E-state index is 0.00228. The number of hydrogen-bond donors (Lipinski definition) is 1. The van der Waals surface area contributed by atoms with Crippen LogP contribution in [0.5, 0.6) is 0 Å². The largest absolute Gasteiger partial charge is 0.353 e. The van der Waals surface area contributed by atoms with Crippen molar-refractivity contribution in [3.05, 3.63) is 53.2 Å². The summed E-state index contributed by atoms with van der Waals surface area (Å²) in [5, 5.41) is 12.1. The highest BCUT2D eigenvalue weighted by atomic mass is 35.5. The molecule has 1 aliphatic heterocycles. The zero-order chi connectivity index (χ0) is 18.8. The van der Waals surface area contributed by atoms with E-state index in [1.807, 2.05) is 48.3 Å². The molecule has 3 atom stereocenters. The van der Waals surface area contributed by atoms with Crippen LogP contribution in [0.15, 0.2) is 42.6 Å². The van der Waals surface area contributed by atoms with E-state index in [4.69, 9.17) is 11.6 Å². The van der Waals surface area contributed by atoms with Gasteiger partial charge in [-0.3, -0.25) is 0 Å². The van der Waals surface area contributed by atoms with Crippen molar-refractivity contribution in [2.75, 3.05) is 25.0 Å². The van der Waals surface area contributed by atoms with Crippen molar-refractivity contribution in [1.82, 2.24) is 20.4 Å². The summed E-state index contributed by atoms with van der Waals surface area (Å²) in [4.78, 5) is 16.8. The van der Waals surface area contributed by atoms with Gasteiger partial charge in [0.25, 0.3) is 0 Å². The number of nitrogens with one attached hydrogen (secondary N) is 1. The lowest BCUT2D eigenvalue weighted by Crippen LogP contribution is -2.52. The molecule has 2 fully saturated rings. The van der Waals surface area contributed by atoms with Gasteiger partial charge < -0.3 is 15.1 Å². The molecular weight excluding hydrogens is 362 g/mol. The molecule has 0 spiro atoms. The van der Waals surface area contributed by atoms with Crippen molar-refractivity contribution >= 4 is 23.4 Å². The van der Waals surface area contributed by atoms with Gasteiger partial charge in [-0.1, -0.05) is 23.7 Å². The Hall–Kier alpha value is -2.34. The van der Waals surface area contributed by atoms with Crippen LogP contribution in [0, 0.1) is 0 Å². The molecule has 2 amide bonds. The predicted octanol–water partition coefficient (Wildman–Crippen LogP) is 3.30. The topological polar surface area (TPSA) is 61.4 Å². The number of piperidine rings is 1. The molecule has 1 saturated carbocycles. The van der Waals surface area contributed by atoms with E-state index in [0.717, 1.165) is 43.2 Å². The van der Waals surface area contributed by atoms with Gasteiger partial charge in [0, 0.05) is 43.3 Å². The third-order valence-corrected chi connectivity index (χ3v) is 5.80. The minimum Gasteiger partial charge on any atom is -0.353 e. The summed E-state index contributed by atoms with van der Waals surface area (Å²) in [6.45, 7) is 1.74. The van der Waals surface area contributed by atoms with Gasteiger partial charge in [-0.05, 0) is 49.1 Å². The molecule has 2 heterocycles. The van der Waals surface area contributed by atoms with Crippen LogP contribution >= 0.6 is 11.6 Å². The maximum absolute atomic E-state index is 12.7. The highest BCUT2D eigenvalue weighted by molar-refractivity contribution is 6.30. The van der Waals surface area contributed by atoms with Gasteiger partial charge in [0.15, 0.2) is 5.82 Å². The monoisotopic (exact) mass is 385 g/mol. The number of carbonyl (C=O) groups excluding carboxylic acids is 1. The molecule has 142 valence electrons. The number of aromatic nitrogens is 2. The molecule has 1 aromatic carbocycles. The van der Waals surface area contributed by atoms with Crippen LogP contribution in [0.3, 0.4) is 0 Å². The number of nitrogens with zero attached hydrogens (tertiary/aromatic N) is 4. The van der Waals surface area contributed by atoms with Crippen LogP contribution in [0.4, 0.5) is 10.6 Å². The first-order chi connectivity index (χ1) is 13.1. The van der Waals surface area contributed by atoms with E-state index in [0.29, 0.717) is 5.92 Å². The average molecular weight is 386 g/mol. The van der Waals surface area contributed by atoms with Crippen LogP contribution in [-0.4, -0.2) is 53.3 Å². The van der Waals surface area contributed by atoms with Crippen molar-refractivity contribution in [1.29, 1.82) is 0 Å². The van der Waals surface area contributed by atoms with Gasteiger partial charge in [-0.2, -0.15) is 5.10 Å². The first-order valence-corrected chi connectivity index (χ1v) is 9.81. The highest BCUT2D eigenvalue weighted by Crippen LogP contribution is 2.41. The second-order valence-corrected chi connectivity index (χ2v) is 7.82. The lowest BCUT2D eigenvalue weighted by Gasteiger charge is -2.38. The van der Waals surface area contributed by atoms with E-state index >= 15 is 0 Å². The van der Waals surface area contributed by atoms with Crippen molar-refractivity contribution in [2.24, 2.45) is 0 Å². The van der Waals surface area contributed by atoms with Crippen LogP contribution in [0.2, 0.25) is 5.02 Å². The van der Waals surface area contributed by atoms with Crippen molar-refractivity contribution in [3.63, 3.8) is 0 Å². The van der Waals surface area contributed by atoms with E-state index < -0.39 is 0 Å². The van der Waals surface area contributed by atoms with Gasteiger partial charge in [0.1, 0.15) is 0 Å². The molecule has 1 N–H and O–H groups in total. The maximum Gasteiger partial charge on any atom is 0.317 e. The summed E-state index contributed by atoms with van der Waals surface area (Å²) in [6.07, 6.45) is 4.70. The second-order valence-electron chi connectivity index (χ2n) is 7.38. The summed E-state index contributed by atoms with van der Waals surface area (Å²) in [5.41, 5.74) is 1.24. The minimum absolute atomic E-state index is 0.00228. The number of halogens is 1. The van der Waals surface area contributed by atoms with Crippen molar-refractivity contribution in [3.8, 4) is 0 Å². The highest BCUT2D eigenvalue weighted by Gasteiger charge is 2.40. The Labute approximate surface area is 164 Å². The van der Waals surface area contributed by atoms with Crippen LogP contribution in [0.25, 0.3) is 0 Å². The van der Waals surface area contributed by atoms with Gasteiger partial charge >= 0.3 is 6.03 Å². The Morgan fingerprint density at radius 1 is 1.30 bits per heavy atom. The maximum atomic E-state index is 12.7. The Morgan fingerprint density at radius 3 is 2.85 bits per heavy atom. The van der Waals surface area contributed by atoms with E-state index in [1.54, 1.807) is 6.20 Å². The van der Waals surface area contributed by atoms with Crippen molar-refractivity contribution < 1.29 is 4.79 Å². The number of urea groups is 1. The van der Waals surface area contributed by atoms with Crippen LogP contribution in [-0.2, 0) is 0 Å². The molecule has 7 heteroatoms. The zero-order valence-corrected chi connectivity index (χ0v) is 16.1. The summed E-state index contributed by atoms with van der Waals surface area (Å²) >= 11 is 5.95. The van der Waals surface area contributed by atoms with Crippen LogP contribution in [0.1, 0.15) is 30.7 Å². The first-order valence-electron chi connectivity index (χ1n) is 9.43. The van der Waals surface area contributed by atoms with Gasteiger partial charge in [0.2, 0.25) is 0 Å². The normalized spacial score (nSPS) is 24.4. The fraction of sp³-hybridized carbons (Fsp3) is 0.450. The molecule has 2 aromatic rings. The average Bonchev–Trinajstić information content (AvgIpc) is 3.47. The summed E-state index contributed by atoms with van der Waals surface area (Å²) in [6, 6.07) is 12.2. The van der Waals surface area contributed by atoms with E-state index in [1.165, 1.54) is 5.56 Å². The number of amides is 2. The fourth-order valence-corrected chi connectivity index (χ4v) is 3.93. The Kier molecular flexibility index (Phi) is 5.16. The van der Waals surface area contributed by atoms with E-state index in [2.05, 4.69) is 20.4 Å². The molecule has 1 aliphatic carbocycles. The molecule has 27 heavy (non-hydrogen) atoms. The Bertz CT molecular complexity index is 785. The summed E-state index contributed by atoms with van der Waals surface area (Å²) in [7, 11) is 1.89. The smallest absolute Gasteiger partial charge is 0.317 e. The fourth-order valence-electron chi connectivity index (χ4n) is 3.80. The van der Waals surface area contributed by atoms with E-state index in [-0.39, 0.29) is 18.1 Å². The lowest BCUT2D eigenvalue weighted by molar-refractivity contribution is 0.182. The number of rotatable bonds is 4. The number of likely N-dealkylation sites (N-methyl/N-ethyl adjacent to an activating group) is 1. The molecule has 6 nitrogen and oxygen atoms in total. The molecule has 0 radical (unpaired) electrons. The zero-order valence-electron chi connectivity index (χ0n) is 15.4. The van der Waals surface area contributed by atoms with Crippen LogP contribution < -0.4 is 10.2 Å². The molecule has 1 saturated heterocycles. The lowest BCUT2D eigenvalue weighted by atomic mass is 10.0. The third-order valence-electron chi connectivity index (χ3n) is 5.54. The quantitative estimate of drug-likeness (QED) is 0.877. The first kappa shape index (κ1) is 18.0. The number of benzene rings is 1. The standard InChI is InChI=1S/C20H24ClN5O/c1-25(16-4-3-11-26(13-16)19-5-2-10-22-24-19)20(27)23-18-12-17(18)14-6-8-15(21)9-7-14/h2,5-10,16-18H,3-4,11-13H2,1H3,(H,23,27)/t16-,17+,18-/m1/s1.